The Hall–Kier alpha value is -2.07. The number of aromatic nitrogens is 1. The van der Waals surface area contributed by atoms with Gasteiger partial charge in [0.05, 0.1) is 12.7 Å². The summed E-state index contributed by atoms with van der Waals surface area (Å²) in [6.07, 6.45) is 2.15. The lowest BCUT2D eigenvalue weighted by molar-refractivity contribution is 0.0600. The summed E-state index contributed by atoms with van der Waals surface area (Å²) in [5.74, 6) is -0.286. The first-order chi connectivity index (χ1) is 10.2. The predicted molar refractivity (Wildman–Crippen MR) is 81.0 cm³/mol. The molecular weight excluding hydrogens is 264 g/mol. The third-order valence-corrected chi connectivity index (χ3v) is 4.23. The standard InChI is InChI=1S/C17H20N2O2/c1-13-16-4-3-9-18(16)10-11-19(13)12-14-5-7-15(8-6-14)17(20)21-2/h3-9,13H,10-12H2,1-2H3/t13-/m0/s1. The van der Waals surface area contributed by atoms with Crippen molar-refractivity contribution < 1.29 is 9.53 Å². The van der Waals surface area contributed by atoms with Crippen LogP contribution >= 0.6 is 0 Å². The second-order valence-corrected chi connectivity index (χ2v) is 5.46. The van der Waals surface area contributed by atoms with Crippen LogP contribution in [0.1, 0.15) is 34.6 Å². The highest BCUT2D eigenvalue weighted by atomic mass is 16.5. The smallest absolute Gasteiger partial charge is 0.337 e. The normalized spacial score (nSPS) is 18.3. The van der Waals surface area contributed by atoms with Crippen LogP contribution in [-0.4, -0.2) is 29.1 Å². The SMILES string of the molecule is COC(=O)c1ccc(CN2CCn3cccc3[C@@H]2C)cc1. The van der Waals surface area contributed by atoms with Crippen molar-refractivity contribution in [1.29, 1.82) is 0 Å². The van der Waals surface area contributed by atoms with Gasteiger partial charge < -0.3 is 9.30 Å². The summed E-state index contributed by atoms with van der Waals surface area (Å²) in [5.41, 5.74) is 3.18. The van der Waals surface area contributed by atoms with Crippen molar-refractivity contribution in [2.75, 3.05) is 13.7 Å². The summed E-state index contributed by atoms with van der Waals surface area (Å²) < 4.78 is 7.04. The molecule has 0 amide bonds. The number of ether oxygens (including phenoxy) is 1. The van der Waals surface area contributed by atoms with Gasteiger partial charge in [-0.2, -0.15) is 0 Å². The van der Waals surface area contributed by atoms with Crippen LogP contribution in [0.15, 0.2) is 42.6 Å². The topological polar surface area (TPSA) is 34.5 Å². The number of benzene rings is 1. The lowest BCUT2D eigenvalue weighted by Gasteiger charge is -2.34. The highest BCUT2D eigenvalue weighted by Gasteiger charge is 2.23. The Kier molecular flexibility index (Phi) is 3.80. The van der Waals surface area contributed by atoms with Crippen molar-refractivity contribution in [3.05, 3.63) is 59.4 Å². The third kappa shape index (κ3) is 2.72. The van der Waals surface area contributed by atoms with Crippen LogP contribution in [0.2, 0.25) is 0 Å². The zero-order valence-corrected chi connectivity index (χ0v) is 12.5. The molecule has 0 N–H and O–H groups in total. The van der Waals surface area contributed by atoms with Gasteiger partial charge in [-0.15, -0.1) is 0 Å². The quantitative estimate of drug-likeness (QED) is 0.813. The molecule has 4 nitrogen and oxygen atoms in total. The third-order valence-electron chi connectivity index (χ3n) is 4.23. The number of methoxy groups -OCH3 is 1. The molecule has 21 heavy (non-hydrogen) atoms. The molecule has 1 aromatic carbocycles. The van der Waals surface area contributed by atoms with Crippen molar-refractivity contribution in [3.63, 3.8) is 0 Å². The summed E-state index contributed by atoms with van der Waals surface area (Å²) >= 11 is 0. The fourth-order valence-corrected chi connectivity index (χ4v) is 2.94. The Labute approximate surface area is 124 Å². The average molecular weight is 284 g/mol. The van der Waals surface area contributed by atoms with Crippen molar-refractivity contribution in [2.45, 2.75) is 26.1 Å². The Balaban J connectivity index is 1.71. The van der Waals surface area contributed by atoms with E-state index in [2.05, 4.69) is 34.7 Å². The fraction of sp³-hybridized carbons (Fsp3) is 0.353. The number of nitrogens with zero attached hydrogens (tertiary/aromatic N) is 2. The van der Waals surface area contributed by atoms with Gasteiger partial charge in [0, 0.05) is 37.6 Å². The molecule has 0 saturated heterocycles. The second-order valence-electron chi connectivity index (χ2n) is 5.46. The molecule has 1 aliphatic heterocycles. The van der Waals surface area contributed by atoms with E-state index in [9.17, 15) is 4.79 Å². The monoisotopic (exact) mass is 284 g/mol. The molecule has 0 saturated carbocycles. The Bertz CT molecular complexity index is 630. The van der Waals surface area contributed by atoms with E-state index >= 15 is 0 Å². The van der Waals surface area contributed by atoms with Crippen LogP contribution in [0, 0.1) is 0 Å². The molecule has 2 aromatic rings. The van der Waals surface area contributed by atoms with Gasteiger partial charge in [-0.05, 0) is 36.8 Å². The van der Waals surface area contributed by atoms with E-state index in [0.29, 0.717) is 11.6 Å². The van der Waals surface area contributed by atoms with Crippen LogP contribution in [0.25, 0.3) is 0 Å². The maximum absolute atomic E-state index is 11.4. The summed E-state index contributed by atoms with van der Waals surface area (Å²) in [6.45, 7) is 5.22. The maximum Gasteiger partial charge on any atom is 0.337 e. The number of carbonyl (C=O) groups is 1. The van der Waals surface area contributed by atoms with Crippen LogP contribution in [-0.2, 0) is 17.8 Å². The molecule has 0 unspecified atom stereocenters. The lowest BCUT2D eigenvalue weighted by Crippen LogP contribution is -2.35. The Morgan fingerprint density at radius 2 is 2.00 bits per heavy atom. The summed E-state index contributed by atoms with van der Waals surface area (Å²) in [4.78, 5) is 13.9. The number of fused-ring (bicyclic) bond motifs is 1. The molecule has 3 rings (SSSR count). The molecular formula is C17H20N2O2. The first-order valence-corrected chi connectivity index (χ1v) is 7.25. The molecule has 1 aliphatic rings. The van der Waals surface area contributed by atoms with E-state index in [-0.39, 0.29) is 5.97 Å². The molecule has 0 fully saturated rings. The first kappa shape index (κ1) is 13.9. The van der Waals surface area contributed by atoms with Crippen LogP contribution in [0.5, 0.6) is 0 Å². The van der Waals surface area contributed by atoms with Gasteiger partial charge in [-0.25, -0.2) is 4.79 Å². The molecule has 0 radical (unpaired) electrons. The summed E-state index contributed by atoms with van der Waals surface area (Å²) in [6, 6.07) is 12.4. The minimum absolute atomic E-state index is 0.286. The van der Waals surface area contributed by atoms with Crippen LogP contribution < -0.4 is 0 Å². The molecule has 0 spiro atoms. The van der Waals surface area contributed by atoms with Gasteiger partial charge in [0.25, 0.3) is 0 Å². The highest BCUT2D eigenvalue weighted by Crippen LogP contribution is 2.26. The van der Waals surface area contributed by atoms with E-state index in [4.69, 9.17) is 4.74 Å². The molecule has 110 valence electrons. The minimum atomic E-state index is -0.286. The molecule has 0 bridgehead atoms. The Morgan fingerprint density at radius 1 is 1.24 bits per heavy atom. The van der Waals surface area contributed by atoms with Gasteiger partial charge in [0.15, 0.2) is 0 Å². The number of hydrogen-bond donors (Lipinski definition) is 0. The van der Waals surface area contributed by atoms with Gasteiger partial charge in [0.1, 0.15) is 0 Å². The molecule has 1 atom stereocenters. The van der Waals surface area contributed by atoms with E-state index in [0.717, 1.165) is 19.6 Å². The molecule has 1 aromatic heterocycles. The minimum Gasteiger partial charge on any atom is -0.465 e. The van der Waals surface area contributed by atoms with Crippen molar-refractivity contribution in [2.24, 2.45) is 0 Å². The van der Waals surface area contributed by atoms with E-state index < -0.39 is 0 Å². The zero-order valence-electron chi connectivity index (χ0n) is 12.5. The molecule has 0 aliphatic carbocycles. The predicted octanol–water partition coefficient (Wildman–Crippen LogP) is 2.85. The van der Waals surface area contributed by atoms with Gasteiger partial charge in [0.2, 0.25) is 0 Å². The van der Waals surface area contributed by atoms with Crippen molar-refractivity contribution in [1.82, 2.24) is 9.47 Å². The fourth-order valence-electron chi connectivity index (χ4n) is 2.94. The number of rotatable bonds is 3. The van der Waals surface area contributed by atoms with Crippen LogP contribution in [0.4, 0.5) is 0 Å². The van der Waals surface area contributed by atoms with E-state index in [1.807, 2.05) is 24.3 Å². The summed E-state index contributed by atoms with van der Waals surface area (Å²) in [7, 11) is 1.40. The van der Waals surface area contributed by atoms with Gasteiger partial charge in [-0.3, -0.25) is 4.90 Å². The van der Waals surface area contributed by atoms with E-state index in [1.165, 1.54) is 18.4 Å². The largest absolute Gasteiger partial charge is 0.465 e. The van der Waals surface area contributed by atoms with Gasteiger partial charge in [-0.1, -0.05) is 12.1 Å². The maximum atomic E-state index is 11.4. The molecule has 2 heterocycles. The number of hydrogen-bond acceptors (Lipinski definition) is 3. The first-order valence-electron chi connectivity index (χ1n) is 7.25. The molecule has 4 heteroatoms. The average Bonchev–Trinajstić information content (AvgIpc) is 2.99. The summed E-state index contributed by atoms with van der Waals surface area (Å²) in [5, 5.41) is 0. The zero-order chi connectivity index (χ0) is 14.8. The van der Waals surface area contributed by atoms with E-state index in [1.54, 1.807) is 0 Å². The van der Waals surface area contributed by atoms with Crippen LogP contribution in [0.3, 0.4) is 0 Å². The highest BCUT2D eigenvalue weighted by molar-refractivity contribution is 5.89. The number of esters is 1. The van der Waals surface area contributed by atoms with Crippen molar-refractivity contribution in [3.8, 4) is 0 Å². The lowest BCUT2D eigenvalue weighted by atomic mass is 10.1. The van der Waals surface area contributed by atoms with Crippen molar-refractivity contribution >= 4 is 5.97 Å². The Morgan fingerprint density at radius 3 is 2.71 bits per heavy atom. The van der Waals surface area contributed by atoms with Gasteiger partial charge >= 0.3 is 5.97 Å². The second kappa shape index (κ2) is 5.74. The number of carbonyl (C=O) groups excluding carboxylic acids is 1.